The second-order valence-electron chi connectivity index (χ2n) is 6.91. The van der Waals surface area contributed by atoms with Crippen molar-refractivity contribution in [3.63, 3.8) is 0 Å². The average Bonchev–Trinajstić information content (AvgIpc) is 3.02. The Labute approximate surface area is 158 Å². The fourth-order valence-corrected chi connectivity index (χ4v) is 3.47. The standard InChI is InChI=1S/C19H23N3O4S/c1-6-27(24,25)21-14-8-15(13-7-12(4)19(23)22(5)10-13)17-16(9-14)20-18(26-17)11(2)3/h7-11,21H,6H2,1-5H3. The monoisotopic (exact) mass is 389 g/mol. The summed E-state index contributed by atoms with van der Waals surface area (Å²) in [4.78, 5) is 16.5. The number of nitrogens with one attached hydrogen (secondary N) is 1. The summed E-state index contributed by atoms with van der Waals surface area (Å²) in [6, 6.07) is 5.15. The van der Waals surface area contributed by atoms with Crippen LogP contribution in [0.2, 0.25) is 0 Å². The Kier molecular flexibility index (Phi) is 4.86. The van der Waals surface area contributed by atoms with Crippen molar-refractivity contribution in [2.75, 3.05) is 10.5 Å². The van der Waals surface area contributed by atoms with E-state index < -0.39 is 10.0 Å². The van der Waals surface area contributed by atoms with Crippen molar-refractivity contribution >= 4 is 26.8 Å². The summed E-state index contributed by atoms with van der Waals surface area (Å²) in [5, 5.41) is 0. The second-order valence-corrected chi connectivity index (χ2v) is 8.92. The molecule has 0 aliphatic rings. The Morgan fingerprint density at radius 1 is 1.26 bits per heavy atom. The minimum absolute atomic E-state index is 0.0324. The third kappa shape index (κ3) is 3.75. The van der Waals surface area contributed by atoms with Gasteiger partial charge in [0.05, 0.1) is 11.4 Å². The molecule has 7 nitrogen and oxygen atoms in total. The van der Waals surface area contributed by atoms with Crippen LogP contribution in [0.5, 0.6) is 0 Å². The Bertz CT molecular complexity index is 1150. The third-order valence-electron chi connectivity index (χ3n) is 4.33. The lowest BCUT2D eigenvalue weighted by Gasteiger charge is -2.10. The fraction of sp³-hybridized carbons (Fsp3) is 0.368. The van der Waals surface area contributed by atoms with Gasteiger partial charge in [0.15, 0.2) is 11.5 Å². The van der Waals surface area contributed by atoms with Gasteiger partial charge in [-0.15, -0.1) is 0 Å². The number of pyridine rings is 1. The van der Waals surface area contributed by atoms with Crippen LogP contribution >= 0.6 is 0 Å². The van der Waals surface area contributed by atoms with Crippen LogP contribution in [0.4, 0.5) is 5.69 Å². The van der Waals surface area contributed by atoms with Gasteiger partial charge < -0.3 is 8.98 Å². The van der Waals surface area contributed by atoms with E-state index >= 15 is 0 Å². The van der Waals surface area contributed by atoms with Gasteiger partial charge in [-0.1, -0.05) is 13.8 Å². The molecule has 1 aromatic carbocycles. The smallest absolute Gasteiger partial charge is 0.253 e. The molecule has 27 heavy (non-hydrogen) atoms. The molecular weight excluding hydrogens is 366 g/mol. The van der Waals surface area contributed by atoms with Crippen LogP contribution in [-0.2, 0) is 17.1 Å². The van der Waals surface area contributed by atoms with Crippen molar-refractivity contribution in [2.24, 2.45) is 7.05 Å². The van der Waals surface area contributed by atoms with E-state index in [9.17, 15) is 13.2 Å². The van der Waals surface area contributed by atoms with Crippen molar-refractivity contribution in [1.82, 2.24) is 9.55 Å². The van der Waals surface area contributed by atoms with E-state index in [2.05, 4.69) is 9.71 Å². The Morgan fingerprint density at radius 3 is 2.56 bits per heavy atom. The largest absolute Gasteiger partial charge is 0.440 e. The number of hydrogen-bond donors (Lipinski definition) is 1. The van der Waals surface area contributed by atoms with Crippen molar-refractivity contribution in [2.45, 2.75) is 33.6 Å². The molecule has 0 aliphatic heterocycles. The van der Waals surface area contributed by atoms with Gasteiger partial charge in [-0.25, -0.2) is 13.4 Å². The van der Waals surface area contributed by atoms with E-state index in [1.165, 1.54) is 4.57 Å². The van der Waals surface area contributed by atoms with Gasteiger partial charge in [-0.05, 0) is 32.0 Å². The highest BCUT2D eigenvalue weighted by atomic mass is 32.2. The number of fused-ring (bicyclic) bond motifs is 1. The second kappa shape index (κ2) is 6.84. The lowest BCUT2D eigenvalue weighted by Crippen LogP contribution is -2.18. The fourth-order valence-electron chi connectivity index (χ4n) is 2.85. The maximum Gasteiger partial charge on any atom is 0.253 e. The Balaban J connectivity index is 2.30. The molecule has 2 aromatic heterocycles. The quantitative estimate of drug-likeness (QED) is 0.722. The van der Waals surface area contributed by atoms with Crippen LogP contribution in [0.15, 0.2) is 33.6 Å². The van der Waals surface area contributed by atoms with Crippen LogP contribution in [0.25, 0.3) is 22.2 Å². The van der Waals surface area contributed by atoms with Crippen LogP contribution in [0, 0.1) is 6.92 Å². The number of aromatic nitrogens is 2. The van der Waals surface area contributed by atoms with E-state index in [0.717, 1.165) is 5.56 Å². The number of aryl methyl sites for hydroxylation is 2. The van der Waals surface area contributed by atoms with Gasteiger partial charge >= 0.3 is 0 Å². The third-order valence-corrected chi connectivity index (χ3v) is 5.63. The van der Waals surface area contributed by atoms with Crippen molar-refractivity contribution in [3.8, 4) is 11.1 Å². The predicted molar refractivity (Wildman–Crippen MR) is 107 cm³/mol. The van der Waals surface area contributed by atoms with E-state index in [1.54, 1.807) is 45.3 Å². The molecule has 0 fully saturated rings. The molecular formula is C19H23N3O4S. The number of benzene rings is 1. The molecule has 0 radical (unpaired) electrons. The molecule has 0 saturated carbocycles. The van der Waals surface area contributed by atoms with Crippen molar-refractivity contribution in [3.05, 3.63) is 46.2 Å². The number of nitrogens with zero attached hydrogens (tertiary/aromatic N) is 2. The first-order chi connectivity index (χ1) is 12.6. The van der Waals surface area contributed by atoms with Gasteiger partial charge in [0.25, 0.3) is 5.56 Å². The molecule has 0 bridgehead atoms. The first kappa shape index (κ1) is 19.2. The Morgan fingerprint density at radius 2 is 1.96 bits per heavy atom. The van der Waals surface area contributed by atoms with Gasteiger partial charge in [0, 0.05) is 35.9 Å². The maximum absolute atomic E-state index is 12.0. The number of anilines is 1. The number of sulfonamides is 1. The van der Waals surface area contributed by atoms with Crippen LogP contribution in [0.3, 0.4) is 0 Å². The summed E-state index contributed by atoms with van der Waals surface area (Å²) in [6.07, 6.45) is 1.71. The topological polar surface area (TPSA) is 94.2 Å². The molecule has 1 N–H and O–H groups in total. The molecule has 0 atom stereocenters. The molecule has 0 unspecified atom stereocenters. The molecule has 0 amide bonds. The summed E-state index contributed by atoms with van der Waals surface area (Å²) in [5.74, 6) is 0.626. The van der Waals surface area contributed by atoms with Gasteiger partial charge in [0.1, 0.15) is 5.52 Å². The number of oxazole rings is 1. The van der Waals surface area contributed by atoms with Crippen LogP contribution < -0.4 is 10.3 Å². The van der Waals surface area contributed by atoms with E-state index in [4.69, 9.17) is 4.42 Å². The zero-order valence-electron chi connectivity index (χ0n) is 16.0. The first-order valence-electron chi connectivity index (χ1n) is 8.74. The number of rotatable bonds is 5. The summed E-state index contributed by atoms with van der Waals surface area (Å²) in [7, 11) is -1.76. The summed E-state index contributed by atoms with van der Waals surface area (Å²) in [6.45, 7) is 7.26. The zero-order chi connectivity index (χ0) is 19.9. The molecule has 0 spiro atoms. The minimum Gasteiger partial charge on any atom is -0.440 e. The highest BCUT2D eigenvalue weighted by Gasteiger charge is 2.18. The summed E-state index contributed by atoms with van der Waals surface area (Å²) >= 11 is 0. The zero-order valence-corrected chi connectivity index (χ0v) is 16.8. The molecule has 3 aromatic rings. The van der Waals surface area contributed by atoms with Crippen LogP contribution in [-0.4, -0.2) is 23.7 Å². The van der Waals surface area contributed by atoms with E-state index in [1.807, 2.05) is 13.8 Å². The van der Waals surface area contributed by atoms with Crippen LogP contribution in [0.1, 0.15) is 38.1 Å². The molecule has 2 heterocycles. The van der Waals surface area contributed by atoms with Crippen molar-refractivity contribution in [1.29, 1.82) is 0 Å². The summed E-state index contributed by atoms with van der Waals surface area (Å²) in [5.41, 5.74) is 3.48. The predicted octanol–water partition coefficient (Wildman–Crippen LogP) is 3.39. The summed E-state index contributed by atoms with van der Waals surface area (Å²) < 4.78 is 34.1. The molecule has 3 rings (SSSR count). The van der Waals surface area contributed by atoms with Gasteiger partial charge in [-0.2, -0.15) is 0 Å². The maximum atomic E-state index is 12.0. The van der Waals surface area contributed by atoms with Crippen molar-refractivity contribution < 1.29 is 12.8 Å². The lowest BCUT2D eigenvalue weighted by molar-refractivity contribution is 0.502. The first-order valence-corrected chi connectivity index (χ1v) is 10.4. The molecule has 0 saturated heterocycles. The lowest BCUT2D eigenvalue weighted by atomic mass is 10.0. The highest BCUT2D eigenvalue weighted by Crippen LogP contribution is 2.34. The normalized spacial score (nSPS) is 12.1. The molecule has 8 heteroatoms. The Hall–Kier alpha value is -2.61. The van der Waals surface area contributed by atoms with Gasteiger partial charge in [0.2, 0.25) is 10.0 Å². The molecule has 0 aliphatic carbocycles. The highest BCUT2D eigenvalue weighted by molar-refractivity contribution is 7.92. The SMILES string of the molecule is CCS(=O)(=O)Nc1cc(-c2cc(C)c(=O)n(C)c2)c2oc(C(C)C)nc2c1. The number of hydrogen-bond acceptors (Lipinski definition) is 5. The molecule has 144 valence electrons. The average molecular weight is 389 g/mol. The van der Waals surface area contributed by atoms with Gasteiger partial charge in [-0.3, -0.25) is 9.52 Å². The minimum atomic E-state index is -3.44. The van der Waals surface area contributed by atoms with E-state index in [0.29, 0.717) is 33.8 Å². The van der Waals surface area contributed by atoms with E-state index in [-0.39, 0.29) is 17.2 Å².